The Hall–Kier alpha value is -4.05. The van der Waals surface area contributed by atoms with Crippen molar-refractivity contribution in [3.63, 3.8) is 0 Å². The SMILES string of the molecule is CCOC(=O)C1=C(C)N=c2s/c(=C\c3cccc(OCc4ccc(Cl)cc4Cl)c3)c(=O)n2[C@@H]1c1ccc(OC)c(OCC)c1. The van der Waals surface area contributed by atoms with Gasteiger partial charge in [-0.15, -0.1) is 0 Å². The number of nitrogens with zero attached hydrogens (tertiary/aromatic N) is 2. The van der Waals surface area contributed by atoms with E-state index in [0.29, 0.717) is 54.5 Å². The van der Waals surface area contributed by atoms with Crippen LogP contribution in [0.15, 0.2) is 81.7 Å². The molecule has 1 aliphatic rings. The highest BCUT2D eigenvalue weighted by Gasteiger charge is 2.34. The number of rotatable bonds is 10. The Bertz CT molecular complexity index is 1930. The number of aromatic nitrogens is 1. The van der Waals surface area contributed by atoms with E-state index in [0.717, 1.165) is 11.1 Å². The van der Waals surface area contributed by atoms with Crippen molar-refractivity contribution >= 4 is 46.6 Å². The normalized spacial score (nSPS) is 14.6. The van der Waals surface area contributed by atoms with Gasteiger partial charge in [0.1, 0.15) is 12.4 Å². The average Bonchev–Trinajstić information content (AvgIpc) is 3.30. The Labute approximate surface area is 268 Å². The molecule has 1 aliphatic heterocycles. The molecule has 0 aliphatic carbocycles. The molecule has 228 valence electrons. The summed E-state index contributed by atoms with van der Waals surface area (Å²) in [5, 5.41) is 1.07. The number of carbonyl (C=O) groups is 1. The summed E-state index contributed by atoms with van der Waals surface area (Å²) < 4.78 is 24.6. The zero-order valence-electron chi connectivity index (χ0n) is 24.6. The molecule has 1 atom stereocenters. The van der Waals surface area contributed by atoms with Gasteiger partial charge in [-0.1, -0.05) is 58.8 Å². The molecule has 2 heterocycles. The molecular formula is C33H30Cl2N2O6S. The average molecular weight is 654 g/mol. The van der Waals surface area contributed by atoms with Crippen molar-refractivity contribution in [2.24, 2.45) is 4.99 Å². The van der Waals surface area contributed by atoms with Crippen molar-refractivity contribution in [1.82, 2.24) is 4.57 Å². The van der Waals surface area contributed by atoms with E-state index in [-0.39, 0.29) is 24.3 Å². The summed E-state index contributed by atoms with van der Waals surface area (Å²) in [4.78, 5) is 32.4. The molecule has 0 bridgehead atoms. The van der Waals surface area contributed by atoms with E-state index < -0.39 is 12.0 Å². The van der Waals surface area contributed by atoms with Crippen LogP contribution in [0.5, 0.6) is 17.2 Å². The number of halogens is 2. The van der Waals surface area contributed by atoms with Gasteiger partial charge in [-0.2, -0.15) is 0 Å². The van der Waals surface area contributed by atoms with Crippen LogP contribution in [0.2, 0.25) is 10.0 Å². The van der Waals surface area contributed by atoms with Crippen molar-refractivity contribution in [3.05, 3.63) is 118 Å². The van der Waals surface area contributed by atoms with Crippen LogP contribution in [-0.4, -0.2) is 30.9 Å². The van der Waals surface area contributed by atoms with Crippen LogP contribution in [0.25, 0.3) is 6.08 Å². The number of benzene rings is 3. The minimum Gasteiger partial charge on any atom is -0.493 e. The van der Waals surface area contributed by atoms with Crippen LogP contribution in [0.1, 0.15) is 43.5 Å². The number of esters is 1. The van der Waals surface area contributed by atoms with Crippen LogP contribution in [0, 0.1) is 0 Å². The van der Waals surface area contributed by atoms with Crippen LogP contribution < -0.4 is 29.1 Å². The third-order valence-corrected chi connectivity index (χ3v) is 8.46. The summed E-state index contributed by atoms with van der Waals surface area (Å²) in [5.74, 6) is 1.12. The summed E-state index contributed by atoms with van der Waals surface area (Å²) in [5.41, 5.74) is 2.70. The van der Waals surface area contributed by atoms with Gasteiger partial charge in [-0.05, 0) is 74.4 Å². The molecule has 0 saturated carbocycles. The number of allylic oxidation sites excluding steroid dienone is 1. The fourth-order valence-corrected chi connectivity index (χ4v) is 6.39. The van der Waals surface area contributed by atoms with Gasteiger partial charge in [0.25, 0.3) is 5.56 Å². The molecular weight excluding hydrogens is 623 g/mol. The van der Waals surface area contributed by atoms with Gasteiger partial charge in [0.2, 0.25) is 0 Å². The summed E-state index contributed by atoms with van der Waals surface area (Å²) in [6, 6.07) is 17.2. The lowest BCUT2D eigenvalue weighted by Gasteiger charge is -2.25. The van der Waals surface area contributed by atoms with Crippen molar-refractivity contribution in [2.45, 2.75) is 33.4 Å². The lowest BCUT2D eigenvalue weighted by atomic mass is 9.95. The molecule has 11 heteroatoms. The number of hydrogen-bond donors (Lipinski definition) is 0. The van der Waals surface area contributed by atoms with E-state index in [1.54, 1.807) is 51.3 Å². The van der Waals surface area contributed by atoms with Crippen molar-refractivity contribution in [1.29, 1.82) is 0 Å². The number of hydrogen-bond acceptors (Lipinski definition) is 8. The zero-order chi connectivity index (χ0) is 31.4. The number of fused-ring (bicyclic) bond motifs is 1. The molecule has 8 nitrogen and oxygen atoms in total. The molecule has 0 saturated heterocycles. The van der Waals surface area contributed by atoms with Gasteiger partial charge in [0.15, 0.2) is 16.3 Å². The Morgan fingerprint density at radius 3 is 2.57 bits per heavy atom. The zero-order valence-corrected chi connectivity index (χ0v) is 26.9. The minimum absolute atomic E-state index is 0.183. The van der Waals surface area contributed by atoms with Gasteiger partial charge < -0.3 is 18.9 Å². The van der Waals surface area contributed by atoms with Crippen LogP contribution in [0.3, 0.4) is 0 Å². The molecule has 0 unspecified atom stereocenters. The van der Waals surface area contributed by atoms with Crippen molar-refractivity contribution in [3.8, 4) is 17.2 Å². The van der Waals surface area contributed by atoms with E-state index >= 15 is 0 Å². The second-order valence-corrected chi connectivity index (χ2v) is 11.6. The Kier molecular flexibility index (Phi) is 9.78. The Morgan fingerprint density at radius 2 is 1.84 bits per heavy atom. The maximum atomic E-state index is 14.0. The molecule has 0 fully saturated rings. The van der Waals surface area contributed by atoms with E-state index in [4.69, 9.17) is 42.1 Å². The van der Waals surface area contributed by atoms with Gasteiger partial charge in [-0.25, -0.2) is 9.79 Å². The highest BCUT2D eigenvalue weighted by molar-refractivity contribution is 7.07. The van der Waals surface area contributed by atoms with Crippen LogP contribution in [0.4, 0.5) is 0 Å². The first kappa shape index (κ1) is 31.4. The standard InChI is InChI=1S/C33H30Cl2N2O6S/c1-5-41-27-16-21(11-13-26(27)40-4)30-29(32(39)42-6-2)19(3)36-33-37(30)31(38)28(44-33)15-20-8-7-9-24(14-20)43-18-22-10-12-23(34)17-25(22)35/h7-17,30H,5-6,18H2,1-4H3/b28-15-/t30-/m1/s1. The topological polar surface area (TPSA) is 88.4 Å². The smallest absolute Gasteiger partial charge is 0.338 e. The number of carbonyl (C=O) groups excluding carboxylic acids is 1. The van der Waals surface area contributed by atoms with E-state index in [9.17, 15) is 9.59 Å². The number of thiazole rings is 1. The molecule has 0 spiro atoms. The molecule has 0 radical (unpaired) electrons. The van der Waals surface area contributed by atoms with E-state index in [1.165, 1.54) is 15.9 Å². The lowest BCUT2D eigenvalue weighted by molar-refractivity contribution is -0.139. The summed E-state index contributed by atoms with van der Waals surface area (Å²) in [7, 11) is 1.56. The molecule has 3 aromatic carbocycles. The molecule has 4 aromatic rings. The van der Waals surface area contributed by atoms with Crippen LogP contribution in [-0.2, 0) is 16.1 Å². The molecule has 44 heavy (non-hydrogen) atoms. The van der Waals surface area contributed by atoms with E-state index in [1.807, 2.05) is 43.3 Å². The van der Waals surface area contributed by atoms with Gasteiger partial charge in [-0.3, -0.25) is 9.36 Å². The first-order valence-electron chi connectivity index (χ1n) is 13.9. The minimum atomic E-state index is -0.781. The lowest BCUT2D eigenvalue weighted by Crippen LogP contribution is -2.40. The first-order chi connectivity index (χ1) is 21.2. The highest BCUT2D eigenvalue weighted by Crippen LogP contribution is 2.36. The van der Waals surface area contributed by atoms with Crippen molar-refractivity contribution in [2.75, 3.05) is 20.3 Å². The first-order valence-corrected chi connectivity index (χ1v) is 15.5. The Balaban J connectivity index is 1.56. The summed E-state index contributed by atoms with van der Waals surface area (Å²) in [6.45, 7) is 6.21. The number of ether oxygens (including phenoxy) is 4. The highest BCUT2D eigenvalue weighted by atomic mass is 35.5. The number of methoxy groups -OCH3 is 1. The maximum Gasteiger partial charge on any atom is 0.338 e. The van der Waals surface area contributed by atoms with Crippen LogP contribution >= 0.6 is 34.5 Å². The quantitative estimate of drug-likeness (QED) is 0.193. The summed E-state index contributed by atoms with van der Waals surface area (Å²) >= 11 is 13.5. The third-order valence-electron chi connectivity index (χ3n) is 6.89. The monoisotopic (exact) mass is 652 g/mol. The predicted molar refractivity (Wildman–Crippen MR) is 172 cm³/mol. The third kappa shape index (κ3) is 6.55. The Morgan fingerprint density at radius 1 is 1.02 bits per heavy atom. The van der Waals surface area contributed by atoms with E-state index in [2.05, 4.69) is 4.99 Å². The fourth-order valence-electron chi connectivity index (χ4n) is 4.88. The molecule has 0 amide bonds. The molecule has 1 aromatic heterocycles. The fraction of sp³-hybridized carbons (Fsp3) is 0.242. The van der Waals surface area contributed by atoms with Crippen molar-refractivity contribution < 1.29 is 23.7 Å². The largest absolute Gasteiger partial charge is 0.493 e. The predicted octanol–water partition coefficient (Wildman–Crippen LogP) is 6.09. The molecule has 0 N–H and O–H groups in total. The van der Waals surface area contributed by atoms with Gasteiger partial charge in [0.05, 0.1) is 42.2 Å². The second-order valence-electron chi connectivity index (χ2n) is 9.74. The molecule has 5 rings (SSSR count). The maximum absolute atomic E-state index is 14.0. The summed E-state index contributed by atoms with van der Waals surface area (Å²) in [6.07, 6.45) is 1.78. The van der Waals surface area contributed by atoms with Gasteiger partial charge in [0, 0.05) is 15.6 Å². The second kappa shape index (κ2) is 13.7. The van der Waals surface area contributed by atoms with Gasteiger partial charge >= 0.3 is 5.97 Å².